The molecule has 2 fully saturated rings. The van der Waals surface area contributed by atoms with Crippen molar-refractivity contribution in [1.29, 1.82) is 0 Å². The van der Waals surface area contributed by atoms with Gasteiger partial charge in [-0.3, -0.25) is 14.7 Å². The molecule has 5 heteroatoms. The summed E-state index contributed by atoms with van der Waals surface area (Å²) in [6.07, 6.45) is 9.06. The van der Waals surface area contributed by atoms with Gasteiger partial charge in [0.05, 0.1) is 11.9 Å². The van der Waals surface area contributed by atoms with Crippen LogP contribution in [0.5, 0.6) is 0 Å². The second kappa shape index (κ2) is 7.09. The van der Waals surface area contributed by atoms with Gasteiger partial charge in [0.25, 0.3) is 0 Å². The molecular weight excluding hydrogens is 276 g/mol. The van der Waals surface area contributed by atoms with E-state index >= 15 is 0 Å². The van der Waals surface area contributed by atoms with Crippen LogP contribution >= 0.6 is 0 Å². The van der Waals surface area contributed by atoms with Crippen LogP contribution in [0.2, 0.25) is 0 Å². The van der Waals surface area contributed by atoms with Crippen LogP contribution in [0.15, 0.2) is 18.5 Å². The molecule has 0 aliphatic carbocycles. The van der Waals surface area contributed by atoms with Gasteiger partial charge in [-0.25, -0.2) is 0 Å². The van der Waals surface area contributed by atoms with Gasteiger partial charge in [-0.2, -0.15) is 0 Å². The van der Waals surface area contributed by atoms with E-state index in [4.69, 9.17) is 5.73 Å². The summed E-state index contributed by atoms with van der Waals surface area (Å²) in [4.78, 5) is 21.1. The van der Waals surface area contributed by atoms with Crippen molar-refractivity contribution in [2.75, 3.05) is 31.9 Å². The largest absolute Gasteiger partial charge is 0.397 e. The second-order valence-corrected chi connectivity index (χ2v) is 6.51. The van der Waals surface area contributed by atoms with Crippen LogP contribution in [-0.2, 0) is 11.3 Å². The number of nitrogen functional groups attached to an aromatic ring is 1. The predicted octanol–water partition coefficient (Wildman–Crippen LogP) is 1.89. The number of nitrogens with two attached hydrogens (primary N) is 1. The average molecular weight is 302 g/mol. The Hall–Kier alpha value is -1.62. The van der Waals surface area contributed by atoms with Gasteiger partial charge in [0.15, 0.2) is 0 Å². The van der Waals surface area contributed by atoms with Crippen molar-refractivity contribution in [3.05, 3.63) is 24.0 Å². The highest BCUT2D eigenvalue weighted by molar-refractivity contribution is 5.79. The molecule has 2 aliphatic rings. The zero-order valence-electron chi connectivity index (χ0n) is 13.2. The topological polar surface area (TPSA) is 62.5 Å². The molecule has 0 bridgehead atoms. The van der Waals surface area contributed by atoms with Crippen molar-refractivity contribution in [1.82, 2.24) is 14.8 Å². The van der Waals surface area contributed by atoms with Crippen molar-refractivity contribution in [3.63, 3.8) is 0 Å². The van der Waals surface area contributed by atoms with E-state index in [1.807, 2.05) is 6.07 Å². The van der Waals surface area contributed by atoms with Gasteiger partial charge in [-0.15, -0.1) is 0 Å². The second-order valence-electron chi connectivity index (χ2n) is 6.51. The first-order chi connectivity index (χ1) is 10.7. The van der Waals surface area contributed by atoms with Crippen LogP contribution in [0.4, 0.5) is 5.69 Å². The molecule has 1 amide bonds. The standard InChI is InChI=1S/C17H26N4O/c18-16-12-19-7-4-15(16)13-20-10-5-14(6-11-20)17(22)21-8-2-1-3-9-21/h4,7,12,14H,1-3,5-6,8-11,13,18H2. The van der Waals surface area contributed by atoms with E-state index < -0.39 is 0 Å². The number of likely N-dealkylation sites (tertiary alicyclic amines) is 2. The highest BCUT2D eigenvalue weighted by Gasteiger charge is 2.29. The maximum absolute atomic E-state index is 12.6. The fourth-order valence-electron chi connectivity index (χ4n) is 3.53. The quantitative estimate of drug-likeness (QED) is 0.926. The molecule has 120 valence electrons. The highest BCUT2D eigenvalue weighted by Crippen LogP contribution is 2.23. The van der Waals surface area contributed by atoms with Crippen molar-refractivity contribution >= 4 is 11.6 Å². The molecule has 2 N–H and O–H groups in total. The SMILES string of the molecule is Nc1cnccc1CN1CCC(C(=O)N2CCCCC2)CC1. The molecule has 3 heterocycles. The number of carbonyl (C=O) groups is 1. The van der Waals surface area contributed by atoms with Crippen LogP contribution in [0.3, 0.4) is 0 Å². The summed E-state index contributed by atoms with van der Waals surface area (Å²) in [5.74, 6) is 0.618. The van der Waals surface area contributed by atoms with E-state index in [9.17, 15) is 4.79 Å². The summed E-state index contributed by atoms with van der Waals surface area (Å²) in [7, 11) is 0. The summed E-state index contributed by atoms with van der Waals surface area (Å²) < 4.78 is 0. The number of pyridine rings is 1. The monoisotopic (exact) mass is 302 g/mol. The van der Waals surface area contributed by atoms with Crippen molar-refractivity contribution in [3.8, 4) is 0 Å². The molecule has 0 unspecified atom stereocenters. The Bertz CT molecular complexity index is 505. The first kappa shape index (κ1) is 15.3. The molecule has 2 saturated heterocycles. The molecule has 2 aliphatic heterocycles. The zero-order valence-corrected chi connectivity index (χ0v) is 13.2. The van der Waals surface area contributed by atoms with E-state index in [2.05, 4.69) is 14.8 Å². The number of carbonyl (C=O) groups excluding carboxylic acids is 1. The first-order valence-electron chi connectivity index (χ1n) is 8.43. The van der Waals surface area contributed by atoms with E-state index in [1.54, 1.807) is 12.4 Å². The Morgan fingerprint density at radius 2 is 1.91 bits per heavy atom. The number of nitrogens with zero attached hydrogens (tertiary/aromatic N) is 3. The summed E-state index contributed by atoms with van der Waals surface area (Å²) in [6, 6.07) is 1.99. The van der Waals surface area contributed by atoms with Crippen LogP contribution in [0, 0.1) is 5.92 Å². The third-order valence-electron chi connectivity index (χ3n) is 4.94. The lowest BCUT2D eigenvalue weighted by molar-refractivity contribution is -0.138. The van der Waals surface area contributed by atoms with Crippen LogP contribution < -0.4 is 5.73 Å². The Balaban J connectivity index is 1.50. The summed E-state index contributed by atoms with van der Waals surface area (Å²) in [6.45, 7) is 4.75. The maximum Gasteiger partial charge on any atom is 0.225 e. The number of amides is 1. The van der Waals surface area contributed by atoms with E-state index in [0.29, 0.717) is 5.91 Å². The molecule has 0 spiro atoms. The minimum atomic E-state index is 0.226. The Morgan fingerprint density at radius 3 is 2.59 bits per heavy atom. The van der Waals surface area contributed by atoms with Crippen molar-refractivity contribution in [2.24, 2.45) is 5.92 Å². The minimum Gasteiger partial charge on any atom is -0.397 e. The molecule has 22 heavy (non-hydrogen) atoms. The van der Waals surface area contributed by atoms with Crippen LogP contribution in [0.1, 0.15) is 37.7 Å². The summed E-state index contributed by atoms with van der Waals surface area (Å²) >= 11 is 0. The smallest absolute Gasteiger partial charge is 0.225 e. The van der Waals surface area contributed by atoms with Gasteiger partial charge < -0.3 is 10.6 Å². The molecule has 0 saturated carbocycles. The Labute approximate surface area is 132 Å². The Kier molecular flexibility index (Phi) is 4.93. The van der Waals surface area contributed by atoms with Crippen molar-refractivity contribution in [2.45, 2.75) is 38.6 Å². The van der Waals surface area contributed by atoms with Crippen LogP contribution in [-0.4, -0.2) is 46.9 Å². The predicted molar refractivity (Wildman–Crippen MR) is 87.1 cm³/mol. The van der Waals surface area contributed by atoms with Gasteiger partial charge >= 0.3 is 0 Å². The fraction of sp³-hybridized carbons (Fsp3) is 0.647. The molecule has 5 nitrogen and oxygen atoms in total. The van der Waals surface area contributed by atoms with Crippen LogP contribution in [0.25, 0.3) is 0 Å². The maximum atomic E-state index is 12.6. The lowest BCUT2D eigenvalue weighted by atomic mass is 9.94. The number of aromatic nitrogens is 1. The number of hydrogen-bond donors (Lipinski definition) is 1. The lowest BCUT2D eigenvalue weighted by Crippen LogP contribution is -2.44. The number of piperidine rings is 2. The minimum absolute atomic E-state index is 0.226. The highest BCUT2D eigenvalue weighted by atomic mass is 16.2. The molecule has 0 atom stereocenters. The molecule has 3 rings (SSSR count). The number of hydrogen-bond acceptors (Lipinski definition) is 4. The van der Waals surface area contributed by atoms with Gasteiger partial charge in [0, 0.05) is 31.7 Å². The fourth-order valence-corrected chi connectivity index (χ4v) is 3.53. The third-order valence-corrected chi connectivity index (χ3v) is 4.94. The zero-order chi connectivity index (χ0) is 15.4. The van der Waals surface area contributed by atoms with Crippen molar-refractivity contribution < 1.29 is 4.79 Å². The normalized spacial score (nSPS) is 21.0. The van der Waals surface area contributed by atoms with E-state index in [1.165, 1.54) is 19.3 Å². The Morgan fingerprint density at radius 1 is 1.18 bits per heavy atom. The van der Waals surface area contributed by atoms with E-state index in [0.717, 1.165) is 56.8 Å². The lowest BCUT2D eigenvalue weighted by Gasteiger charge is -2.35. The molecule has 1 aromatic heterocycles. The summed E-state index contributed by atoms with van der Waals surface area (Å²) in [5, 5.41) is 0. The molecule has 1 aromatic rings. The van der Waals surface area contributed by atoms with E-state index in [-0.39, 0.29) is 5.92 Å². The van der Waals surface area contributed by atoms with Gasteiger partial charge in [-0.1, -0.05) is 0 Å². The number of rotatable bonds is 3. The first-order valence-corrected chi connectivity index (χ1v) is 8.43. The average Bonchev–Trinajstić information content (AvgIpc) is 2.58. The van der Waals surface area contributed by atoms with Gasteiger partial charge in [0.1, 0.15) is 0 Å². The van der Waals surface area contributed by atoms with Gasteiger partial charge in [0.2, 0.25) is 5.91 Å². The molecule has 0 aromatic carbocycles. The molecule has 0 radical (unpaired) electrons. The number of anilines is 1. The van der Waals surface area contributed by atoms with Gasteiger partial charge in [-0.05, 0) is 56.8 Å². The molecular formula is C17H26N4O. The third kappa shape index (κ3) is 3.58. The summed E-state index contributed by atoms with van der Waals surface area (Å²) in [5.41, 5.74) is 7.85.